The number of hydrogen-bond donors (Lipinski definition) is 2. The second-order valence-corrected chi connectivity index (χ2v) is 4.96. The minimum Gasteiger partial charge on any atom is -0.479 e. The van der Waals surface area contributed by atoms with E-state index in [4.69, 9.17) is 5.11 Å². The molecule has 0 aromatic heterocycles. The van der Waals surface area contributed by atoms with E-state index < -0.39 is 36.7 Å². The van der Waals surface area contributed by atoms with Crippen LogP contribution in [0.3, 0.4) is 0 Å². The van der Waals surface area contributed by atoms with Crippen LogP contribution in [0.25, 0.3) is 0 Å². The molecule has 3 atom stereocenters. The van der Waals surface area contributed by atoms with Crippen LogP contribution >= 0.6 is 0 Å². The molecule has 98 valence electrons. The highest BCUT2D eigenvalue weighted by Crippen LogP contribution is 2.37. The van der Waals surface area contributed by atoms with Crippen molar-refractivity contribution in [3.63, 3.8) is 0 Å². The summed E-state index contributed by atoms with van der Waals surface area (Å²) < 4.78 is 40.8. The molecule has 2 N–H and O–H groups in total. The van der Waals surface area contributed by atoms with E-state index in [0.29, 0.717) is 13.0 Å². The van der Waals surface area contributed by atoms with Crippen LogP contribution in [0.5, 0.6) is 0 Å². The number of rotatable bonds is 3. The molecule has 2 rings (SSSR count). The topological polar surface area (TPSA) is 52.6 Å². The average molecular weight is 252 g/mol. The number of alkyl halides is 3. The normalized spacial score (nSPS) is 35.5. The van der Waals surface area contributed by atoms with Gasteiger partial charge in [0.05, 0.1) is 12.6 Å². The molecule has 2 aliphatic rings. The van der Waals surface area contributed by atoms with Gasteiger partial charge in [0.1, 0.15) is 0 Å². The van der Waals surface area contributed by atoms with Crippen molar-refractivity contribution in [1.82, 2.24) is 10.2 Å². The first-order valence-corrected chi connectivity index (χ1v) is 5.51. The smallest absolute Gasteiger partial charge is 0.342 e. The van der Waals surface area contributed by atoms with Crippen LogP contribution in [-0.4, -0.2) is 59.3 Å². The number of nitrogens with one attached hydrogen (secondary N) is 1. The van der Waals surface area contributed by atoms with Crippen molar-refractivity contribution in [2.45, 2.75) is 37.0 Å². The van der Waals surface area contributed by atoms with Gasteiger partial charge < -0.3 is 10.4 Å². The molecule has 2 heterocycles. The number of carboxylic acid groups (broad SMARTS) is 1. The Labute approximate surface area is 96.8 Å². The number of halogens is 3. The highest BCUT2D eigenvalue weighted by atomic mass is 19.3. The fraction of sp³-hybridized carbons (Fsp3) is 0.900. The molecule has 0 aromatic carbocycles. The van der Waals surface area contributed by atoms with Gasteiger partial charge in [0, 0.05) is 19.1 Å². The summed E-state index contributed by atoms with van der Waals surface area (Å²) in [6, 6.07) is -1.45. The largest absolute Gasteiger partial charge is 0.479 e. The lowest BCUT2D eigenvalue weighted by molar-refractivity contribution is -0.152. The Morgan fingerprint density at radius 2 is 2.29 bits per heavy atom. The molecule has 2 aliphatic heterocycles. The van der Waals surface area contributed by atoms with Crippen molar-refractivity contribution in [1.29, 1.82) is 0 Å². The number of hydrogen-bond acceptors (Lipinski definition) is 3. The second-order valence-electron chi connectivity index (χ2n) is 4.96. The van der Waals surface area contributed by atoms with Crippen LogP contribution in [-0.2, 0) is 4.79 Å². The zero-order valence-electron chi connectivity index (χ0n) is 9.42. The molecular weight excluding hydrogens is 237 g/mol. The van der Waals surface area contributed by atoms with Gasteiger partial charge in [-0.1, -0.05) is 0 Å². The summed E-state index contributed by atoms with van der Waals surface area (Å²) in [7, 11) is 0. The maximum Gasteiger partial charge on any atom is 0.342 e. The molecule has 0 radical (unpaired) electrons. The van der Waals surface area contributed by atoms with E-state index in [1.54, 1.807) is 0 Å². The Morgan fingerprint density at radius 1 is 1.65 bits per heavy atom. The third-order valence-electron chi connectivity index (χ3n) is 3.48. The van der Waals surface area contributed by atoms with E-state index in [2.05, 4.69) is 5.32 Å². The molecule has 1 unspecified atom stereocenters. The number of fused-ring (bicyclic) bond motifs is 1. The fourth-order valence-electron chi connectivity index (χ4n) is 2.63. The van der Waals surface area contributed by atoms with E-state index in [9.17, 15) is 18.0 Å². The van der Waals surface area contributed by atoms with Gasteiger partial charge in [0.2, 0.25) is 5.67 Å². The number of carboxylic acids is 1. The highest BCUT2D eigenvalue weighted by molar-refractivity contribution is 5.77. The Morgan fingerprint density at radius 3 is 2.88 bits per heavy atom. The van der Waals surface area contributed by atoms with Crippen molar-refractivity contribution in [2.75, 3.05) is 19.6 Å². The molecule has 0 spiro atoms. The van der Waals surface area contributed by atoms with Crippen LogP contribution in [0.15, 0.2) is 0 Å². The maximum absolute atomic E-state index is 13.7. The summed E-state index contributed by atoms with van der Waals surface area (Å²) in [4.78, 5) is 11.9. The van der Waals surface area contributed by atoms with Crippen LogP contribution in [0.1, 0.15) is 13.3 Å². The average Bonchev–Trinajstić information content (AvgIpc) is 2.69. The molecule has 0 aromatic rings. The summed E-state index contributed by atoms with van der Waals surface area (Å²) in [5.41, 5.74) is -2.49. The minimum atomic E-state index is -2.92. The summed E-state index contributed by atoms with van der Waals surface area (Å²) in [5, 5.41) is 11.4. The van der Waals surface area contributed by atoms with Gasteiger partial charge in [-0.3, -0.25) is 4.90 Å². The van der Waals surface area contributed by atoms with Gasteiger partial charge >= 0.3 is 5.97 Å². The third-order valence-corrected chi connectivity index (χ3v) is 3.48. The Balaban J connectivity index is 2.10. The van der Waals surface area contributed by atoms with E-state index in [0.717, 1.165) is 6.92 Å². The minimum absolute atomic E-state index is 0.296. The molecule has 2 saturated heterocycles. The second kappa shape index (κ2) is 3.84. The lowest BCUT2D eigenvalue weighted by Gasteiger charge is -2.31. The maximum atomic E-state index is 13.7. The number of likely N-dealkylation sites (tertiary alicyclic amines) is 1. The zero-order valence-corrected chi connectivity index (χ0v) is 9.42. The quantitative estimate of drug-likeness (QED) is 0.767. The lowest BCUT2D eigenvalue weighted by atomic mass is 10.1. The first-order valence-electron chi connectivity index (χ1n) is 5.51. The predicted octanol–water partition coefficient (Wildman–Crippen LogP) is 0.481. The molecule has 4 nitrogen and oxygen atoms in total. The van der Waals surface area contributed by atoms with E-state index >= 15 is 0 Å². The molecular formula is C10H15F3N2O2. The summed E-state index contributed by atoms with van der Waals surface area (Å²) in [6.07, 6.45) is 0.496. The summed E-state index contributed by atoms with van der Waals surface area (Å²) in [5.74, 6) is -4.54. The zero-order chi connectivity index (χ0) is 12.8. The fourth-order valence-corrected chi connectivity index (χ4v) is 2.63. The van der Waals surface area contributed by atoms with Gasteiger partial charge in [0.15, 0.2) is 0 Å². The Kier molecular flexibility index (Phi) is 2.86. The van der Waals surface area contributed by atoms with Gasteiger partial charge in [0.25, 0.3) is 5.92 Å². The van der Waals surface area contributed by atoms with Crippen LogP contribution < -0.4 is 5.32 Å². The lowest BCUT2D eigenvalue weighted by Crippen LogP contribution is -2.51. The Bertz CT molecular complexity index is 336. The summed E-state index contributed by atoms with van der Waals surface area (Å²) >= 11 is 0. The first kappa shape index (κ1) is 12.6. The molecule has 0 saturated carbocycles. The van der Waals surface area contributed by atoms with Crippen LogP contribution in [0.4, 0.5) is 13.2 Å². The molecule has 0 amide bonds. The van der Waals surface area contributed by atoms with Gasteiger partial charge in [-0.2, -0.15) is 0 Å². The van der Waals surface area contributed by atoms with Gasteiger partial charge in [-0.15, -0.1) is 0 Å². The molecule has 7 heteroatoms. The SMILES string of the molecule is CC(F)(CN1CC[C@@H]2NCC(F)(F)[C@@H]21)C(=O)O. The molecule has 0 bridgehead atoms. The van der Waals surface area contributed by atoms with Crippen molar-refractivity contribution < 1.29 is 23.1 Å². The molecule has 0 aliphatic carbocycles. The Hall–Kier alpha value is -0.820. The van der Waals surface area contributed by atoms with E-state index in [1.165, 1.54) is 4.90 Å². The van der Waals surface area contributed by atoms with Gasteiger partial charge in [-0.05, 0) is 13.3 Å². The van der Waals surface area contributed by atoms with E-state index in [1.807, 2.05) is 0 Å². The number of nitrogens with zero attached hydrogens (tertiary/aromatic N) is 1. The third kappa shape index (κ3) is 2.13. The van der Waals surface area contributed by atoms with Crippen LogP contribution in [0, 0.1) is 0 Å². The van der Waals surface area contributed by atoms with Crippen molar-refractivity contribution >= 4 is 5.97 Å². The molecule has 2 fully saturated rings. The van der Waals surface area contributed by atoms with E-state index in [-0.39, 0.29) is 6.04 Å². The highest BCUT2D eigenvalue weighted by Gasteiger charge is 2.57. The van der Waals surface area contributed by atoms with Crippen molar-refractivity contribution in [2.24, 2.45) is 0 Å². The predicted molar refractivity (Wildman–Crippen MR) is 53.9 cm³/mol. The van der Waals surface area contributed by atoms with Crippen molar-refractivity contribution in [3.05, 3.63) is 0 Å². The van der Waals surface area contributed by atoms with Crippen LogP contribution in [0.2, 0.25) is 0 Å². The standard InChI is InChI=1S/C10H15F3N2O2/c1-9(11,8(16)17)5-15-3-2-6-7(15)10(12,13)4-14-6/h6-7,14H,2-5H2,1H3,(H,16,17)/t6-,7+,9?/m0/s1. The summed E-state index contributed by atoms with van der Waals surface area (Å²) in [6.45, 7) is 0.281. The van der Waals surface area contributed by atoms with Gasteiger partial charge in [-0.25, -0.2) is 18.0 Å². The molecule has 17 heavy (non-hydrogen) atoms. The van der Waals surface area contributed by atoms with Crippen molar-refractivity contribution in [3.8, 4) is 0 Å². The first-order chi connectivity index (χ1) is 7.74. The number of carbonyl (C=O) groups is 1. The monoisotopic (exact) mass is 252 g/mol. The number of aliphatic carboxylic acids is 1.